The van der Waals surface area contributed by atoms with Crippen molar-refractivity contribution >= 4 is 33.6 Å². The summed E-state index contributed by atoms with van der Waals surface area (Å²) in [4.78, 5) is 11.5. The van der Waals surface area contributed by atoms with Gasteiger partial charge in [-0.25, -0.2) is 0 Å². The molecule has 4 heteroatoms. The van der Waals surface area contributed by atoms with Gasteiger partial charge in [-0.15, -0.1) is 11.8 Å². The van der Waals surface area contributed by atoms with Crippen LogP contribution >= 0.6 is 27.7 Å². The van der Waals surface area contributed by atoms with Crippen LogP contribution in [0.4, 0.5) is 0 Å². The van der Waals surface area contributed by atoms with Crippen molar-refractivity contribution in [2.24, 2.45) is 5.92 Å². The number of rotatable bonds is 6. The van der Waals surface area contributed by atoms with Crippen LogP contribution < -0.4 is 5.32 Å². The normalized spacial score (nSPS) is 14.6. The third-order valence-corrected chi connectivity index (χ3v) is 4.23. The van der Waals surface area contributed by atoms with Gasteiger partial charge in [-0.3, -0.25) is 4.79 Å². The lowest BCUT2D eigenvalue weighted by atomic mass is 10.2. The average molecular weight is 314 g/mol. The summed E-state index contributed by atoms with van der Waals surface area (Å²) in [5, 5.41) is 2.97. The van der Waals surface area contributed by atoms with Crippen molar-refractivity contribution in [1.82, 2.24) is 5.32 Å². The van der Waals surface area contributed by atoms with Crippen molar-refractivity contribution in [2.75, 3.05) is 12.3 Å². The molecule has 92 valence electrons. The maximum absolute atomic E-state index is 11.5. The van der Waals surface area contributed by atoms with E-state index in [1.165, 1.54) is 18.4 Å². The zero-order valence-corrected chi connectivity index (χ0v) is 12.0. The molecule has 0 atom stereocenters. The van der Waals surface area contributed by atoms with E-state index >= 15 is 0 Å². The van der Waals surface area contributed by atoms with Gasteiger partial charge in [0.1, 0.15) is 0 Å². The minimum absolute atomic E-state index is 0.166. The Morgan fingerprint density at radius 3 is 2.71 bits per heavy atom. The second-order valence-corrected chi connectivity index (χ2v) is 6.27. The average Bonchev–Trinajstić information content (AvgIpc) is 3.13. The number of carbonyl (C=O) groups excluding carboxylic acids is 1. The lowest BCUT2D eigenvalue weighted by molar-refractivity contribution is -0.118. The number of thioether (sulfide) groups is 1. The van der Waals surface area contributed by atoms with Crippen molar-refractivity contribution in [2.45, 2.75) is 18.6 Å². The number of amides is 1. The molecular formula is C13H16BrNOS. The molecule has 1 aromatic carbocycles. The second-order valence-electron chi connectivity index (χ2n) is 4.37. The molecular weight excluding hydrogens is 298 g/mol. The summed E-state index contributed by atoms with van der Waals surface area (Å²) in [6.07, 6.45) is 2.57. The van der Waals surface area contributed by atoms with Gasteiger partial charge in [0, 0.05) is 16.8 Å². The minimum atomic E-state index is 0.166. The minimum Gasteiger partial charge on any atom is -0.355 e. The molecule has 1 amide bonds. The molecule has 1 saturated carbocycles. The maximum atomic E-state index is 11.5. The summed E-state index contributed by atoms with van der Waals surface area (Å²) < 4.78 is 1.09. The molecule has 1 aliphatic rings. The lowest BCUT2D eigenvalue weighted by Crippen LogP contribution is -2.27. The van der Waals surface area contributed by atoms with Gasteiger partial charge in [-0.05, 0) is 36.5 Å². The number of benzene rings is 1. The van der Waals surface area contributed by atoms with E-state index in [4.69, 9.17) is 0 Å². The molecule has 1 N–H and O–H groups in total. The molecule has 1 aromatic rings. The first-order chi connectivity index (χ1) is 8.24. The van der Waals surface area contributed by atoms with Crippen molar-refractivity contribution in [3.8, 4) is 0 Å². The standard InChI is InChI=1S/C13H16BrNOS/c14-12-5-3-11(4-6-12)8-17-9-13(16)15-7-10-1-2-10/h3-6,10H,1-2,7-9H2,(H,15,16). The molecule has 2 nitrogen and oxygen atoms in total. The Kier molecular flexibility index (Phi) is 4.92. The first-order valence-electron chi connectivity index (χ1n) is 5.83. The molecule has 0 bridgehead atoms. The quantitative estimate of drug-likeness (QED) is 0.873. The molecule has 0 saturated heterocycles. The van der Waals surface area contributed by atoms with E-state index in [1.54, 1.807) is 11.8 Å². The third-order valence-electron chi connectivity index (χ3n) is 2.70. The van der Waals surface area contributed by atoms with Crippen LogP contribution in [0.15, 0.2) is 28.7 Å². The maximum Gasteiger partial charge on any atom is 0.230 e. The van der Waals surface area contributed by atoms with Gasteiger partial charge in [0.2, 0.25) is 5.91 Å². The van der Waals surface area contributed by atoms with E-state index in [0.717, 1.165) is 22.7 Å². The number of nitrogens with one attached hydrogen (secondary N) is 1. The zero-order chi connectivity index (χ0) is 12.1. The van der Waals surface area contributed by atoms with Crippen LogP contribution in [0, 0.1) is 5.92 Å². The fraction of sp³-hybridized carbons (Fsp3) is 0.462. The summed E-state index contributed by atoms with van der Waals surface area (Å²) in [6.45, 7) is 0.873. The van der Waals surface area contributed by atoms with E-state index in [1.807, 2.05) is 12.1 Å². The van der Waals surface area contributed by atoms with Gasteiger partial charge in [-0.1, -0.05) is 28.1 Å². The Morgan fingerprint density at radius 1 is 1.35 bits per heavy atom. The van der Waals surface area contributed by atoms with Gasteiger partial charge < -0.3 is 5.32 Å². The highest BCUT2D eigenvalue weighted by Gasteiger charge is 2.21. The van der Waals surface area contributed by atoms with Crippen LogP contribution in [0.25, 0.3) is 0 Å². The predicted molar refractivity (Wildman–Crippen MR) is 76.0 cm³/mol. The van der Waals surface area contributed by atoms with E-state index in [0.29, 0.717) is 5.75 Å². The molecule has 0 spiro atoms. The molecule has 0 aromatic heterocycles. The Hall–Kier alpha value is -0.480. The topological polar surface area (TPSA) is 29.1 Å². The Balaban J connectivity index is 1.61. The molecule has 2 rings (SSSR count). The molecule has 1 fully saturated rings. The monoisotopic (exact) mass is 313 g/mol. The van der Waals surface area contributed by atoms with Gasteiger partial charge >= 0.3 is 0 Å². The molecule has 0 heterocycles. The summed E-state index contributed by atoms with van der Waals surface area (Å²) in [5.41, 5.74) is 1.26. The van der Waals surface area contributed by atoms with Crippen molar-refractivity contribution in [1.29, 1.82) is 0 Å². The zero-order valence-electron chi connectivity index (χ0n) is 9.62. The van der Waals surface area contributed by atoms with Gasteiger partial charge in [0.25, 0.3) is 0 Å². The molecule has 0 unspecified atom stereocenters. The second kappa shape index (κ2) is 6.45. The van der Waals surface area contributed by atoms with Crippen LogP contribution in [0.2, 0.25) is 0 Å². The molecule has 0 aliphatic heterocycles. The number of halogens is 1. The summed E-state index contributed by atoms with van der Waals surface area (Å²) >= 11 is 5.07. The SMILES string of the molecule is O=C(CSCc1ccc(Br)cc1)NCC1CC1. The van der Waals surface area contributed by atoms with Crippen molar-refractivity contribution in [3.05, 3.63) is 34.3 Å². The predicted octanol–water partition coefficient (Wildman–Crippen LogP) is 3.21. The summed E-state index contributed by atoms with van der Waals surface area (Å²) in [6, 6.07) is 8.23. The Morgan fingerprint density at radius 2 is 2.06 bits per heavy atom. The van der Waals surface area contributed by atoms with Gasteiger partial charge in [0.05, 0.1) is 5.75 Å². The molecule has 0 radical (unpaired) electrons. The van der Waals surface area contributed by atoms with Crippen LogP contribution in [0.3, 0.4) is 0 Å². The Bertz CT molecular complexity index is 376. The largest absolute Gasteiger partial charge is 0.355 e. The highest BCUT2D eigenvalue weighted by molar-refractivity contribution is 9.10. The lowest BCUT2D eigenvalue weighted by Gasteiger charge is -2.04. The van der Waals surface area contributed by atoms with Gasteiger partial charge in [0.15, 0.2) is 0 Å². The van der Waals surface area contributed by atoms with E-state index in [-0.39, 0.29) is 5.91 Å². The summed E-state index contributed by atoms with van der Waals surface area (Å²) in [5.74, 6) is 2.38. The first kappa shape index (κ1) is 13.0. The van der Waals surface area contributed by atoms with Crippen LogP contribution in [-0.4, -0.2) is 18.2 Å². The van der Waals surface area contributed by atoms with Crippen LogP contribution in [-0.2, 0) is 10.5 Å². The first-order valence-corrected chi connectivity index (χ1v) is 7.77. The van der Waals surface area contributed by atoms with Crippen molar-refractivity contribution < 1.29 is 4.79 Å². The smallest absolute Gasteiger partial charge is 0.230 e. The summed E-state index contributed by atoms with van der Waals surface area (Å²) in [7, 11) is 0. The van der Waals surface area contributed by atoms with E-state index in [9.17, 15) is 4.79 Å². The number of carbonyl (C=O) groups is 1. The van der Waals surface area contributed by atoms with Crippen LogP contribution in [0.1, 0.15) is 18.4 Å². The highest BCUT2D eigenvalue weighted by Crippen LogP contribution is 2.27. The van der Waals surface area contributed by atoms with Crippen molar-refractivity contribution in [3.63, 3.8) is 0 Å². The fourth-order valence-corrected chi connectivity index (χ4v) is 2.56. The van der Waals surface area contributed by atoms with Crippen LogP contribution in [0.5, 0.6) is 0 Å². The third kappa shape index (κ3) is 5.13. The van der Waals surface area contributed by atoms with E-state index < -0.39 is 0 Å². The molecule has 17 heavy (non-hydrogen) atoms. The number of hydrogen-bond donors (Lipinski definition) is 1. The molecule has 1 aliphatic carbocycles. The Labute approximate surface area is 115 Å². The van der Waals surface area contributed by atoms with Gasteiger partial charge in [-0.2, -0.15) is 0 Å². The fourth-order valence-electron chi connectivity index (χ4n) is 1.47. The number of hydrogen-bond acceptors (Lipinski definition) is 2. The highest BCUT2D eigenvalue weighted by atomic mass is 79.9. The van der Waals surface area contributed by atoms with E-state index in [2.05, 4.69) is 33.4 Å².